The molecule has 5 heteroatoms. The smallest absolute Gasteiger partial charge is 0.282 e. The summed E-state index contributed by atoms with van der Waals surface area (Å²) < 4.78 is 30.7. The third kappa shape index (κ3) is 2.94. The van der Waals surface area contributed by atoms with E-state index >= 15 is 0 Å². The van der Waals surface area contributed by atoms with Crippen LogP contribution in [0.25, 0.3) is 6.08 Å². The summed E-state index contributed by atoms with van der Waals surface area (Å²) in [5.41, 5.74) is 0.481. The van der Waals surface area contributed by atoms with E-state index in [1.165, 1.54) is 6.07 Å². The second-order valence-corrected chi connectivity index (χ2v) is 4.61. The van der Waals surface area contributed by atoms with Crippen molar-refractivity contribution in [2.75, 3.05) is 5.33 Å². The van der Waals surface area contributed by atoms with E-state index in [1.54, 1.807) is 30.4 Å². The Morgan fingerprint density at radius 2 is 2.00 bits per heavy atom. The first-order chi connectivity index (χ1) is 6.55. The zero-order valence-electron chi connectivity index (χ0n) is 7.22. The molecule has 1 aromatic carbocycles. The van der Waals surface area contributed by atoms with E-state index in [0.29, 0.717) is 10.9 Å². The van der Waals surface area contributed by atoms with Gasteiger partial charge in [0.15, 0.2) is 0 Å². The molecule has 0 aromatic heterocycles. The highest BCUT2D eigenvalue weighted by atomic mass is 79.9. The monoisotopic (exact) mass is 276 g/mol. The second kappa shape index (κ2) is 4.72. The molecular formula is C9H9BrO3S. The molecule has 0 fully saturated rings. The van der Waals surface area contributed by atoms with Crippen molar-refractivity contribution < 1.29 is 13.0 Å². The van der Waals surface area contributed by atoms with Crippen LogP contribution in [0.4, 0.5) is 0 Å². The van der Waals surface area contributed by atoms with Crippen molar-refractivity contribution in [3.8, 4) is 0 Å². The molecule has 0 aliphatic carbocycles. The molecule has 0 heterocycles. The average Bonchev–Trinajstić information content (AvgIpc) is 2.14. The van der Waals surface area contributed by atoms with Gasteiger partial charge >= 0.3 is 0 Å². The van der Waals surface area contributed by atoms with Gasteiger partial charge in [-0.15, -0.1) is 0 Å². The second-order valence-electron chi connectivity index (χ2n) is 2.57. The van der Waals surface area contributed by atoms with Crippen molar-refractivity contribution in [3.05, 3.63) is 35.9 Å². The summed E-state index contributed by atoms with van der Waals surface area (Å²) >= 11 is 3.18. The van der Waals surface area contributed by atoms with E-state index in [2.05, 4.69) is 15.9 Å². The minimum atomic E-state index is -4.13. The van der Waals surface area contributed by atoms with Crippen molar-refractivity contribution in [2.45, 2.75) is 4.90 Å². The largest absolute Gasteiger partial charge is 0.295 e. The van der Waals surface area contributed by atoms with E-state index in [4.69, 9.17) is 4.55 Å². The van der Waals surface area contributed by atoms with Crippen LogP contribution < -0.4 is 0 Å². The Bertz CT molecular complexity index is 437. The van der Waals surface area contributed by atoms with Crippen molar-refractivity contribution in [1.82, 2.24) is 0 Å². The zero-order chi connectivity index (χ0) is 10.6. The lowest BCUT2D eigenvalue weighted by molar-refractivity contribution is 0.483. The number of hydrogen-bond acceptors (Lipinski definition) is 2. The first-order valence-corrected chi connectivity index (χ1v) is 6.41. The third-order valence-corrected chi connectivity index (χ3v) is 2.88. The van der Waals surface area contributed by atoms with E-state index in [-0.39, 0.29) is 4.90 Å². The lowest BCUT2D eigenvalue weighted by Gasteiger charge is -2.00. The number of hydrogen-bond donors (Lipinski definition) is 1. The van der Waals surface area contributed by atoms with Crippen LogP contribution >= 0.6 is 15.9 Å². The summed E-state index contributed by atoms with van der Waals surface area (Å²) in [5.74, 6) is 0. The van der Waals surface area contributed by atoms with Crippen LogP contribution in [0.3, 0.4) is 0 Å². The Morgan fingerprint density at radius 3 is 2.57 bits per heavy atom. The van der Waals surface area contributed by atoms with Gasteiger partial charge in [0.05, 0.1) is 0 Å². The zero-order valence-corrected chi connectivity index (χ0v) is 9.62. The lowest BCUT2D eigenvalue weighted by Crippen LogP contribution is -2.00. The van der Waals surface area contributed by atoms with Crippen LogP contribution in [-0.4, -0.2) is 18.3 Å². The molecule has 76 valence electrons. The van der Waals surface area contributed by atoms with Crippen LogP contribution in [0, 0.1) is 0 Å². The normalized spacial score (nSPS) is 12.1. The summed E-state index contributed by atoms with van der Waals surface area (Å²) in [5, 5.41) is 0.632. The molecule has 0 spiro atoms. The molecule has 0 aliphatic rings. The van der Waals surface area contributed by atoms with Crippen LogP contribution in [0.2, 0.25) is 0 Å². The van der Waals surface area contributed by atoms with Gasteiger partial charge in [0.25, 0.3) is 10.1 Å². The van der Waals surface area contributed by atoms with Crippen LogP contribution in [-0.2, 0) is 10.1 Å². The van der Waals surface area contributed by atoms with E-state index in [0.717, 1.165) is 0 Å². The number of benzene rings is 1. The SMILES string of the molecule is O=S(=O)(O)c1ccccc1C=CCBr. The van der Waals surface area contributed by atoms with Crippen molar-refractivity contribution in [2.24, 2.45) is 0 Å². The fourth-order valence-electron chi connectivity index (χ4n) is 1.02. The fourth-order valence-corrected chi connectivity index (χ4v) is 1.90. The molecule has 0 saturated heterocycles. The van der Waals surface area contributed by atoms with E-state index in [1.807, 2.05) is 0 Å². The standard InChI is InChI=1S/C9H9BrO3S/c10-7-3-5-8-4-1-2-6-9(8)14(11,12)13/h1-6H,7H2,(H,11,12,13). The first kappa shape index (κ1) is 11.4. The highest BCUT2D eigenvalue weighted by Gasteiger charge is 2.12. The number of halogens is 1. The van der Waals surface area contributed by atoms with Crippen molar-refractivity contribution in [1.29, 1.82) is 0 Å². The summed E-state index contributed by atoms with van der Waals surface area (Å²) in [6.07, 6.45) is 3.39. The Hall–Kier alpha value is -0.650. The highest BCUT2D eigenvalue weighted by molar-refractivity contribution is 9.09. The van der Waals surface area contributed by atoms with E-state index < -0.39 is 10.1 Å². The predicted molar refractivity (Wildman–Crippen MR) is 59.1 cm³/mol. The maximum atomic E-state index is 10.9. The molecule has 0 bridgehead atoms. The predicted octanol–water partition coefficient (Wildman–Crippen LogP) is 2.34. The van der Waals surface area contributed by atoms with Crippen LogP contribution in [0.5, 0.6) is 0 Å². The molecule has 1 N–H and O–H groups in total. The van der Waals surface area contributed by atoms with Gasteiger partial charge in [0, 0.05) is 5.33 Å². The number of rotatable bonds is 3. The quantitative estimate of drug-likeness (QED) is 0.681. The molecular weight excluding hydrogens is 268 g/mol. The van der Waals surface area contributed by atoms with Gasteiger partial charge in [-0.05, 0) is 11.6 Å². The van der Waals surface area contributed by atoms with Crippen LogP contribution in [0.1, 0.15) is 5.56 Å². The summed E-state index contributed by atoms with van der Waals surface area (Å²) in [4.78, 5) is -0.0720. The van der Waals surface area contributed by atoms with Gasteiger partial charge in [-0.2, -0.15) is 8.42 Å². The van der Waals surface area contributed by atoms with Gasteiger partial charge in [0.2, 0.25) is 0 Å². The minimum absolute atomic E-state index is 0.0720. The van der Waals surface area contributed by atoms with Crippen molar-refractivity contribution >= 4 is 32.1 Å². The Labute approximate surface area is 91.3 Å². The first-order valence-electron chi connectivity index (χ1n) is 3.84. The fraction of sp³-hybridized carbons (Fsp3) is 0.111. The molecule has 0 amide bonds. The van der Waals surface area contributed by atoms with Gasteiger partial charge in [-0.1, -0.05) is 46.3 Å². The highest BCUT2D eigenvalue weighted by Crippen LogP contribution is 2.16. The lowest BCUT2D eigenvalue weighted by atomic mass is 10.2. The third-order valence-electron chi connectivity index (χ3n) is 1.58. The topological polar surface area (TPSA) is 54.4 Å². The molecule has 1 rings (SSSR count). The summed E-state index contributed by atoms with van der Waals surface area (Å²) in [6.45, 7) is 0. The molecule has 14 heavy (non-hydrogen) atoms. The molecule has 0 radical (unpaired) electrons. The maximum absolute atomic E-state index is 10.9. The summed E-state index contributed by atoms with van der Waals surface area (Å²) in [7, 11) is -4.13. The molecule has 3 nitrogen and oxygen atoms in total. The van der Waals surface area contributed by atoms with Crippen LogP contribution in [0.15, 0.2) is 35.2 Å². The molecule has 0 atom stereocenters. The van der Waals surface area contributed by atoms with Gasteiger partial charge in [-0.25, -0.2) is 0 Å². The number of alkyl halides is 1. The molecule has 1 aromatic rings. The van der Waals surface area contributed by atoms with Gasteiger partial charge in [0.1, 0.15) is 4.90 Å². The van der Waals surface area contributed by atoms with E-state index in [9.17, 15) is 8.42 Å². The van der Waals surface area contributed by atoms with Gasteiger partial charge < -0.3 is 0 Å². The molecule has 0 saturated carbocycles. The van der Waals surface area contributed by atoms with Crippen molar-refractivity contribution in [3.63, 3.8) is 0 Å². The Kier molecular flexibility index (Phi) is 3.86. The van der Waals surface area contributed by atoms with Gasteiger partial charge in [-0.3, -0.25) is 4.55 Å². The maximum Gasteiger partial charge on any atom is 0.295 e. The average molecular weight is 277 g/mol. The summed E-state index contributed by atoms with van der Waals surface area (Å²) in [6, 6.07) is 6.27. The number of allylic oxidation sites excluding steroid dienone is 1. The molecule has 0 unspecified atom stereocenters. The minimum Gasteiger partial charge on any atom is -0.282 e. The Balaban J connectivity index is 3.24. The molecule has 0 aliphatic heterocycles. The Morgan fingerprint density at radius 1 is 1.36 bits per heavy atom.